The van der Waals surface area contributed by atoms with E-state index in [0.29, 0.717) is 29.2 Å². The lowest BCUT2D eigenvalue weighted by Gasteiger charge is -2.23. The molecule has 0 aliphatic carbocycles. The van der Waals surface area contributed by atoms with Crippen LogP contribution >= 0.6 is 11.3 Å². The van der Waals surface area contributed by atoms with Gasteiger partial charge in [0.25, 0.3) is 5.78 Å². The van der Waals surface area contributed by atoms with Gasteiger partial charge in [-0.25, -0.2) is 9.78 Å². The van der Waals surface area contributed by atoms with Gasteiger partial charge in [0, 0.05) is 5.56 Å². The number of hydrogen-bond acceptors (Lipinski definition) is 8. The topological polar surface area (TPSA) is 106 Å². The molecule has 3 aromatic rings. The molecule has 8 nitrogen and oxygen atoms in total. The van der Waals surface area contributed by atoms with Crippen molar-refractivity contribution in [1.29, 1.82) is 0 Å². The maximum atomic E-state index is 13.4. The fourth-order valence-electron chi connectivity index (χ4n) is 4.02. The number of nitrogens with zero attached hydrogens (tertiary/aromatic N) is 2. The summed E-state index contributed by atoms with van der Waals surface area (Å²) in [7, 11) is 0. The van der Waals surface area contributed by atoms with Crippen molar-refractivity contribution in [2.45, 2.75) is 26.8 Å². The third-order valence-electron chi connectivity index (χ3n) is 5.77. The molecule has 1 unspecified atom stereocenters. The van der Waals surface area contributed by atoms with E-state index >= 15 is 0 Å². The summed E-state index contributed by atoms with van der Waals surface area (Å²) in [5, 5.41) is 11.5. The van der Waals surface area contributed by atoms with Gasteiger partial charge in [0.1, 0.15) is 23.0 Å². The molecule has 0 saturated carbocycles. The lowest BCUT2D eigenvalue weighted by Crippen LogP contribution is -2.29. The normalized spacial score (nSPS) is 16.6. The molecule has 1 fully saturated rings. The van der Waals surface area contributed by atoms with Gasteiger partial charge in [0.15, 0.2) is 5.13 Å². The van der Waals surface area contributed by atoms with E-state index in [9.17, 15) is 19.5 Å². The third kappa shape index (κ3) is 5.03. The van der Waals surface area contributed by atoms with Crippen molar-refractivity contribution >= 4 is 39.9 Å². The van der Waals surface area contributed by atoms with E-state index in [1.165, 1.54) is 11.0 Å². The first kappa shape index (κ1) is 25.8. The second kappa shape index (κ2) is 10.8. The Labute approximate surface area is 218 Å². The molecule has 37 heavy (non-hydrogen) atoms. The number of ether oxygens (including phenoxy) is 2. The molecule has 1 saturated heterocycles. The van der Waals surface area contributed by atoms with Gasteiger partial charge in [-0.1, -0.05) is 66.0 Å². The van der Waals surface area contributed by atoms with Gasteiger partial charge >= 0.3 is 11.9 Å². The monoisotopic (exact) mass is 518 g/mol. The summed E-state index contributed by atoms with van der Waals surface area (Å²) in [5.74, 6) is -2.11. The van der Waals surface area contributed by atoms with E-state index in [4.69, 9.17) is 9.47 Å². The molecular weight excluding hydrogens is 492 g/mol. The Kier molecular flexibility index (Phi) is 7.54. The van der Waals surface area contributed by atoms with Crippen LogP contribution in [0.15, 0.2) is 66.8 Å². The second-order valence-electron chi connectivity index (χ2n) is 8.34. The molecule has 4 rings (SSSR count). The quantitative estimate of drug-likeness (QED) is 0.145. The van der Waals surface area contributed by atoms with E-state index in [2.05, 4.69) is 11.6 Å². The molecule has 1 aliphatic heterocycles. The van der Waals surface area contributed by atoms with Crippen LogP contribution in [0.5, 0.6) is 5.75 Å². The zero-order chi connectivity index (χ0) is 26.7. The van der Waals surface area contributed by atoms with Gasteiger partial charge in [-0.3, -0.25) is 14.5 Å². The summed E-state index contributed by atoms with van der Waals surface area (Å²) in [5.41, 5.74) is 2.22. The number of rotatable bonds is 8. The largest absolute Gasteiger partial charge is 0.507 e. The van der Waals surface area contributed by atoms with Crippen molar-refractivity contribution in [3.05, 3.63) is 94.0 Å². The van der Waals surface area contributed by atoms with Gasteiger partial charge in [-0.2, -0.15) is 0 Å². The molecule has 0 spiro atoms. The minimum atomic E-state index is -0.959. The Morgan fingerprint density at radius 1 is 1.19 bits per heavy atom. The van der Waals surface area contributed by atoms with Crippen molar-refractivity contribution in [3.63, 3.8) is 0 Å². The fourth-order valence-corrected chi connectivity index (χ4v) is 5.01. The Balaban J connectivity index is 1.87. The van der Waals surface area contributed by atoms with Crippen LogP contribution < -0.4 is 9.64 Å². The van der Waals surface area contributed by atoms with Crippen LogP contribution in [-0.4, -0.2) is 41.0 Å². The minimum absolute atomic E-state index is 0.0280. The highest BCUT2D eigenvalue weighted by atomic mass is 32.1. The standard InChI is InChI=1S/C28H26N2O6S/c1-5-14-36-27(34)25-17(4)29-28(37-25)30-22(18-12-10-16(3)11-13-18)21(24(32)26(30)33)23(31)19-8-7-9-20(15-19)35-6-2/h5,7-13,15,22,31H,1,6,14H2,2-4H3. The Morgan fingerprint density at radius 3 is 2.59 bits per heavy atom. The first-order valence-corrected chi connectivity index (χ1v) is 12.4. The number of amides is 1. The molecule has 1 N–H and O–H groups in total. The van der Waals surface area contributed by atoms with Gasteiger partial charge in [-0.15, -0.1) is 0 Å². The van der Waals surface area contributed by atoms with E-state index < -0.39 is 23.7 Å². The number of ketones is 1. The first-order valence-electron chi connectivity index (χ1n) is 11.6. The molecule has 0 radical (unpaired) electrons. The van der Waals surface area contributed by atoms with Crippen LogP contribution in [0.1, 0.15) is 45.0 Å². The molecule has 1 amide bonds. The predicted octanol–water partition coefficient (Wildman–Crippen LogP) is 5.13. The number of aromatic nitrogens is 1. The van der Waals surface area contributed by atoms with E-state index in [1.807, 2.05) is 26.0 Å². The zero-order valence-electron chi connectivity index (χ0n) is 20.7. The number of aliphatic hydroxyl groups excluding tert-OH is 1. The van der Waals surface area contributed by atoms with Crippen LogP contribution in [0.25, 0.3) is 5.76 Å². The van der Waals surface area contributed by atoms with Crippen molar-refractivity contribution in [2.24, 2.45) is 0 Å². The summed E-state index contributed by atoms with van der Waals surface area (Å²) >= 11 is 0.950. The Bertz CT molecular complexity index is 1410. The smallest absolute Gasteiger partial charge is 0.350 e. The average Bonchev–Trinajstić information content (AvgIpc) is 3.39. The summed E-state index contributed by atoms with van der Waals surface area (Å²) in [6.07, 6.45) is 1.45. The Hall–Kier alpha value is -4.24. The average molecular weight is 519 g/mol. The highest BCUT2D eigenvalue weighted by Gasteiger charge is 2.48. The van der Waals surface area contributed by atoms with Crippen molar-refractivity contribution in [1.82, 2.24) is 4.98 Å². The first-order chi connectivity index (χ1) is 17.8. The van der Waals surface area contributed by atoms with Gasteiger partial charge in [0.2, 0.25) is 0 Å². The maximum Gasteiger partial charge on any atom is 0.350 e. The molecule has 2 aromatic carbocycles. The van der Waals surface area contributed by atoms with Crippen LogP contribution in [0, 0.1) is 13.8 Å². The highest BCUT2D eigenvalue weighted by Crippen LogP contribution is 2.44. The summed E-state index contributed by atoms with van der Waals surface area (Å²) in [4.78, 5) is 45.1. The van der Waals surface area contributed by atoms with Crippen molar-refractivity contribution in [2.75, 3.05) is 18.1 Å². The van der Waals surface area contributed by atoms with Crippen molar-refractivity contribution < 1.29 is 29.0 Å². The molecule has 0 bridgehead atoms. The second-order valence-corrected chi connectivity index (χ2v) is 9.32. The summed E-state index contributed by atoms with van der Waals surface area (Å²) in [6.45, 7) is 9.38. The fraction of sp³-hybridized carbons (Fsp3) is 0.214. The number of Topliss-reactive ketones (excluding diaryl/α,β-unsaturated/α-hetero) is 1. The number of benzene rings is 2. The number of aliphatic hydroxyl groups is 1. The van der Waals surface area contributed by atoms with Crippen LogP contribution in [0.2, 0.25) is 0 Å². The minimum Gasteiger partial charge on any atom is -0.507 e. The number of carbonyl (C=O) groups excluding carboxylic acids is 3. The summed E-state index contributed by atoms with van der Waals surface area (Å²) in [6, 6.07) is 13.0. The molecular formula is C28H26N2O6S. The lowest BCUT2D eigenvalue weighted by molar-refractivity contribution is -0.132. The molecule has 1 aliphatic rings. The lowest BCUT2D eigenvalue weighted by atomic mass is 9.95. The van der Waals surface area contributed by atoms with Crippen molar-refractivity contribution in [3.8, 4) is 5.75 Å². The zero-order valence-corrected chi connectivity index (χ0v) is 21.5. The molecule has 1 atom stereocenters. The SMILES string of the molecule is C=CCOC(=O)c1sc(N2C(=O)C(=O)C(=C(O)c3cccc(OCC)c3)C2c2ccc(C)cc2)nc1C. The van der Waals surface area contributed by atoms with Gasteiger partial charge < -0.3 is 14.6 Å². The molecule has 190 valence electrons. The highest BCUT2D eigenvalue weighted by molar-refractivity contribution is 7.17. The molecule has 2 heterocycles. The summed E-state index contributed by atoms with van der Waals surface area (Å²) < 4.78 is 10.7. The van der Waals surface area contributed by atoms with Crippen LogP contribution in [0.4, 0.5) is 5.13 Å². The number of hydrogen-bond donors (Lipinski definition) is 1. The molecule has 9 heteroatoms. The van der Waals surface area contributed by atoms with Gasteiger partial charge in [-0.05, 0) is 38.5 Å². The van der Waals surface area contributed by atoms with Gasteiger partial charge in [0.05, 0.1) is 23.9 Å². The molecule has 1 aromatic heterocycles. The maximum absolute atomic E-state index is 13.4. The van der Waals surface area contributed by atoms with Crippen LogP contribution in [-0.2, 0) is 14.3 Å². The number of anilines is 1. The van der Waals surface area contributed by atoms with E-state index in [0.717, 1.165) is 16.9 Å². The van der Waals surface area contributed by atoms with E-state index in [1.54, 1.807) is 43.3 Å². The van der Waals surface area contributed by atoms with Crippen LogP contribution in [0.3, 0.4) is 0 Å². The predicted molar refractivity (Wildman–Crippen MR) is 141 cm³/mol. The number of aryl methyl sites for hydroxylation is 2. The van der Waals surface area contributed by atoms with E-state index in [-0.39, 0.29) is 27.9 Å². The number of carbonyl (C=O) groups is 3. The number of esters is 1. The Morgan fingerprint density at radius 2 is 1.92 bits per heavy atom. The number of thiazole rings is 1. The third-order valence-corrected chi connectivity index (χ3v) is 6.90.